The number of aryl methyl sites for hydroxylation is 1. The minimum Gasteiger partial charge on any atom is -0.508 e. The van der Waals surface area contributed by atoms with Crippen LogP contribution in [0.4, 0.5) is 0 Å². The van der Waals surface area contributed by atoms with Gasteiger partial charge in [0.25, 0.3) is 0 Å². The Morgan fingerprint density at radius 2 is 1.88 bits per heavy atom. The smallest absolute Gasteiger partial charge is 0.222 e. The quantitative estimate of drug-likeness (QED) is 0.819. The Labute approximate surface area is 147 Å². The Balaban J connectivity index is 1.43. The maximum atomic E-state index is 12.5. The standard InChI is InChI=1S/C19H23N3O3/c23-17-5-3-15(4-6-17)19(25)16-7-11-22(12-8-16)18(24)2-1-10-21-13-9-20-14-21/h3-6,9,13-14,16,23H,1-2,7-8,10-12H2. The van der Waals surface area contributed by atoms with Crippen LogP contribution in [0.2, 0.25) is 0 Å². The number of hydrogen-bond donors (Lipinski definition) is 1. The SMILES string of the molecule is O=C(c1ccc(O)cc1)C1CCN(C(=O)CCCn2ccnc2)CC1. The topological polar surface area (TPSA) is 75.4 Å². The molecule has 0 radical (unpaired) electrons. The summed E-state index contributed by atoms with van der Waals surface area (Å²) in [6.07, 6.45) is 8.10. The third-order valence-electron chi connectivity index (χ3n) is 4.74. The highest BCUT2D eigenvalue weighted by molar-refractivity contribution is 5.98. The van der Waals surface area contributed by atoms with Crippen LogP contribution in [-0.4, -0.2) is 44.3 Å². The largest absolute Gasteiger partial charge is 0.508 e. The summed E-state index contributed by atoms with van der Waals surface area (Å²) in [6.45, 7) is 2.07. The monoisotopic (exact) mass is 341 g/mol. The number of likely N-dealkylation sites (tertiary alicyclic amines) is 1. The predicted octanol–water partition coefficient (Wildman–Crippen LogP) is 2.49. The molecule has 1 aliphatic rings. The van der Waals surface area contributed by atoms with Gasteiger partial charge in [-0.25, -0.2) is 4.98 Å². The van der Waals surface area contributed by atoms with E-state index in [1.54, 1.807) is 24.7 Å². The van der Waals surface area contributed by atoms with Crippen LogP contribution in [0.3, 0.4) is 0 Å². The summed E-state index contributed by atoms with van der Waals surface area (Å²) in [4.78, 5) is 30.7. The lowest BCUT2D eigenvalue weighted by molar-refractivity contribution is -0.132. The molecule has 0 spiro atoms. The van der Waals surface area contributed by atoms with Crippen LogP contribution in [0.5, 0.6) is 5.75 Å². The van der Waals surface area contributed by atoms with Crippen molar-refractivity contribution in [2.45, 2.75) is 32.2 Å². The molecule has 0 atom stereocenters. The average molecular weight is 341 g/mol. The number of aromatic nitrogens is 2. The highest BCUT2D eigenvalue weighted by Crippen LogP contribution is 2.23. The first-order valence-electron chi connectivity index (χ1n) is 8.70. The van der Waals surface area contributed by atoms with E-state index in [0.717, 1.165) is 13.0 Å². The number of nitrogens with zero attached hydrogens (tertiary/aromatic N) is 3. The maximum absolute atomic E-state index is 12.5. The molecule has 25 heavy (non-hydrogen) atoms. The van der Waals surface area contributed by atoms with Crippen LogP contribution in [0.1, 0.15) is 36.0 Å². The highest BCUT2D eigenvalue weighted by atomic mass is 16.3. The van der Waals surface area contributed by atoms with Gasteiger partial charge in [-0.15, -0.1) is 0 Å². The number of imidazole rings is 1. The lowest BCUT2D eigenvalue weighted by atomic mass is 9.88. The number of Topliss-reactive ketones (excluding diaryl/α,β-unsaturated/α-hetero) is 1. The Morgan fingerprint density at radius 3 is 2.52 bits per heavy atom. The summed E-state index contributed by atoms with van der Waals surface area (Å²) >= 11 is 0. The summed E-state index contributed by atoms with van der Waals surface area (Å²) in [6, 6.07) is 6.38. The van der Waals surface area contributed by atoms with Crippen molar-refractivity contribution in [3.8, 4) is 5.75 Å². The van der Waals surface area contributed by atoms with Crippen molar-refractivity contribution >= 4 is 11.7 Å². The van der Waals surface area contributed by atoms with Crippen molar-refractivity contribution in [2.24, 2.45) is 5.92 Å². The van der Waals surface area contributed by atoms with Crippen molar-refractivity contribution in [3.63, 3.8) is 0 Å². The first-order valence-corrected chi connectivity index (χ1v) is 8.70. The zero-order valence-corrected chi connectivity index (χ0v) is 14.2. The fourth-order valence-corrected chi connectivity index (χ4v) is 3.24. The third-order valence-corrected chi connectivity index (χ3v) is 4.74. The molecule has 0 bridgehead atoms. The van der Waals surface area contributed by atoms with Crippen molar-refractivity contribution < 1.29 is 14.7 Å². The molecule has 1 aromatic carbocycles. The molecule has 1 aliphatic heterocycles. The van der Waals surface area contributed by atoms with E-state index in [-0.39, 0.29) is 23.4 Å². The fraction of sp³-hybridized carbons (Fsp3) is 0.421. The van der Waals surface area contributed by atoms with Gasteiger partial charge in [0.15, 0.2) is 5.78 Å². The minimum absolute atomic E-state index is 0.0421. The van der Waals surface area contributed by atoms with Gasteiger partial charge in [-0.1, -0.05) is 0 Å². The molecule has 1 amide bonds. The van der Waals surface area contributed by atoms with Crippen LogP contribution < -0.4 is 0 Å². The summed E-state index contributed by atoms with van der Waals surface area (Å²) in [5.41, 5.74) is 0.628. The number of amides is 1. The van der Waals surface area contributed by atoms with Crippen molar-refractivity contribution in [1.29, 1.82) is 0 Å². The van der Waals surface area contributed by atoms with Gasteiger partial charge in [-0.3, -0.25) is 9.59 Å². The molecule has 0 saturated carbocycles. The first-order chi connectivity index (χ1) is 12.1. The van der Waals surface area contributed by atoms with E-state index in [0.29, 0.717) is 37.9 Å². The normalized spacial score (nSPS) is 15.3. The van der Waals surface area contributed by atoms with Gasteiger partial charge in [0.05, 0.1) is 6.33 Å². The number of phenolic OH excluding ortho intramolecular Hbond substituents is 1. The molecule has 6 heteroatoms. The van der Waals surface area contributed by atoms with Gasteiger partial charge in [0, 0.05) is 49.9 Å². The van der Waals surface area contributed by atoms with Crippen LogP contribution in [0.25, 0.3) is 0 Å². The maximum Gasteiger partial charge on any atom is 0.222 e. The van der Waals surface area contributed by atoms with Crippen LogP contribution in [0, 0.1) is 5.92 Å². The summed E-state index contributed by atoms with van der Waals surface area (Å²) < 4.78 is 1.97. The van der Waals surface area contributed by atoms with Crippen molar-refractivity contribution in [1.82, 2.24) is 14.5 Å². The van der Waals surface area contributed by atoms with Gasteiger partial charge in [-0.2, -0.15) is 0 Å². The second kappa shape index (κ2) is 7.96. The zero-order valence-electron chi connectivity index (χ0n) is 14.2. The molecule has 0 aliphatic carbocycles. The Bertz CT molecular complexity index is 702. The predicted molar refractivity (Wildman–Crippen MR) is 93.2 cm³/mol. The van der Waals surface area contributed by atoms with Gasteiger partial charge < -0.3 is 14.6 Å². The molecule has 0 unspecified atom stereocenters. The molecule has 132 valence electrons. The van der Waals surface area contributed by atoms with E-state index in [1.165, 1.54) is 12.1 Å². The molecule has 1 N–H and O–H groups in total. The number of phenols is 1. The molecule has 1 saturated heterocycles. The second-order valence-electron chi connectivity index (χ2n) is 6.47. The molecular weight excluding hydrogens is 318 g/mol. The van der Waals surface area contributed by atoms with Crippen molar-refractivity contribution in [2.75, 3.05) is 13.1 Å². The number of hydrogen-bond acceptors (Lipinski definition) is 4. The van der Waals surface area contributed by atoms with Crippen LogP contribution in [0.15, 0.2) is 43.0 Å². The molecular formula is C19H23N3O3. The van der Waals surface area contributed by atoms with E-state index in [1.807, 2.05) is 15.7 Å². The number of benzene rings is 1. The van der Waals surface area contributed by atoms with Gasteiger partial charge in [0.2, 0.25) is 5.91 Å². The summed E-state index contributed by atoms with van der Waals surface area (Å²) in [5, 5.41) is 9.32. The van der Waals surface area contributed by atoms with Crippen LogP contribution in [-0.2, 0) is 11.3 Å². The molecule has 1 aromatic heterocycles. The molecule has 2 aromatic rings. The van der Waals surface area contributed by atoms with Crippen molar-refractivity contribution in [3.05, 3.63) is 48.5 Å². The lowest BCUT2D eigenvalue weighted by Crippen LogP contribution is -2.40. The van der Waals surface area contributed by atoms with E-state index < -0.39 is 0 Å². The second-order valence-corrected chi connectivity index (χ2v) is 6.47. The highest BCUT2D eigenvalue weighted by Gasteiger charge is 2.27. The minimum atomic E-state index is -0.0421. The first kappa shape index (κ1) is 17.2. The Hall–Kier alpha value is -2.63. The molecule has 2 heterocycles. The molecule has 3 rings (SSSR count). The van der Waals surface area contributed by atoms with Gasteiger partial charge in [-0.05, 0) is 43.5 Å². The van der Waals surface area contributed by atoms with E-state index >= 15 is 0 Å². The lowest BCUT2D eigenvalue weighted by Gasteiger charge is -2.31. The summed E-state index contributed by atoms with van der Waals surface area (Å²) in [7, 11) is 0. The zero-order chi connectivity index (χ0) is 17.6. The number of aromatic hydroxyl groups is 1. The third kappa shape index (κ3) is 4.47. The molecule has 1 fully saturated rings. The number of carbonyl (C=O) groups is 2. The van der Waals surface area contributed by atoms with E-state index in [2.05, 4.69) is 4.98 Å². The average Bonchev–Trinajstić information content (AvgIpc) is 3.15. The van der Waals surface area contributed by atoms with Gasteiger partial charge >= 0.3 is 0 Å². The van der Waals surface area contributed by atoms with Crippen LogP contribution >= 0.6 is 0 Å². The number of piperidine rings is 1. The Morgan fingerprint density at radius 1 is 1.16 bits per heavy atom. The fourth-order valence-electron chi connectivity index (χ4n) is 3.24. The van der Waals surface area contributed by atoms with E-state index in [4.69, 9.17) is 0 Å². The molecule has 6 nitrogen and oxygen atoms in total. The number of ketones is 1. The number of carbonyl (C=O) groups excluding carboxylic acids is 2. The van der Waals surface area contributed by atoms with Gasteiger partial charge in [0.1, 0.15) is 5.75 Å². The summed E-state index contributed by atoms with van der Waals surface area (Å²) in [5.74, 6) is 0.384. The van der Waals surface area contributed by atoms with E-state index in [9.17, 15) is 14.7 Å². The number of rotatable bonds is 6. The Kier molecular flexibility index (Phi) is 5.48.